The van der Waals surface area contributed by atoms with Crippen molar-refractivity contribution < 1.29 is 14.4 Å². The zero-order chi connectivity index (χ0) is 19.6. The van der Waals surface area contributed by atoms with Crippen LogP contribution in [0.4, 0.5) is 10.5 Å². The largest absolute Gasteiger partial charge is 0.324 e. The van der Waals surface area contributed by atoms with Gasteiger partial charge >= 0.3 is 0 Å². The summed E-state index contributed by atoms with van der Waals surface area (Å²) in [6, 6.07) is 12.0. The lowest BCUT2D eigenvalue weighted by Crippen LogP contribution is -2.36. The number of hydrogen-bond acceptors (Lipinski definition) is 4. The second-order valence-corrected chi connectivity index (χ2v) is 7.69. The fourth-order valence-electron chi connectivity index (χ4n) is 2.41. The summed E-state index contributed by atoms with van der Waals surface area (Å²) in [6.07, 6.45) is 1.60. The van der Waals surface area contributed by atoms with Crippen molar-refractivity contribution in [3.63, 3.8) is 0 Å². The van der Waals surface area contributed by atoms with Crippen LogP contribution < -0.4 is 5.32 Å². The van der Waals surface area contributed by atoms with E-state index < -0.39 is 17.1 Å². The molecule has 5 nitrogen and oxygen atoms in total. The Morgan fingerprint density at radius 3 is 2.48 bits per heavy atom. The number of rotatable bonds is 4. The molecule has 0 spiro atoms. The van der Waals surface area contributed by atoms with Crippen molar-refractivity contribution >= 4 is 63.8 Å². The first-order valence-corrected chi connectivity index (χ1v) is 9.47. The SMILES string of the molecule is Cc1ccc(Cl)cc1NC(=O)CN1C(=O)S/C(=C/c2ccc(Cl)cc2)C1=O. The van der Waals surface area contributed by atoms with Gasteiger partial charge in [0.25, 0.3) is 11.1 Å². The average Bonchev–Trinajstić information content (AvgIpc) is 2.87. The van der Waals surface area contributed by atoms with Crippen molar-refractivity contribution in [2.75, 3.05) is 11.9 Å². The van der Waals surface area contributed by atoms with Gasteiger partial charge < -0.3 is 5.32 Å². The first kappa shape index (κ1) is 19.5. The van der Waals surface area contributed by atoms with E-state index >= 15 is 0 Å². The number of anilines is 1. The van der Waals surface area contributed by atoms with E-state index in [9.17, 15) is 14.4 Å². The van der Waals surface area contributed by atoms with E-state index in [1.807, 2.05) is 6.92 Å². The number of halogens is 2. The Hall–Kier alpha value is -2.28. The molecule has 2 aromatic rings. The predicted octanol–water partition coefficient (Wildman–Crippen LogP) is 4.98. The van der Waals surface area contributed by atoms with Crippen LogP contribution >= 0.6 is 35.0 Å². The minimum Gasteiger partial charge on any atom is -0.324 e. The molecule has 0 radical (unpaired) electrons. The van der Waals surface area contributed by atoms with Crippen LogP contribution in [-0.2, 0) is 9.59 Å². The number of hydrogen-bond donors (Lipinski definition) is 1. The summed E-state index contributed by atoms with van der Waals surface area (Å²) in [5, 5.41) is 3.25. The molecule has 3 rings (SSSR count). The molecule has 1 aliphatic heterocycles. The molecule has 27 heavy (non-hydrogen) atoms. The summed E-state index contributed by atoms with van der Waals surface area (Å²) in [4.78, 5) is 38.1. The number of imide groups is 1. The van der Waals surface area contributed by atoms with Crippen molar-refractivity contribution in [3.8, 4) is 0 Å². The van der Waals surface area contributed by atoms with Gasteiger partial charge in [0.05, 0.1) is 4.91 Å². The Bertz CT molecular complexity index is 958. The molecule has 3 amide bonds. The van der Waals surface area contributed by atoms with Crippen molar-refractivity contribution in [2.45, 2.75) is 6.92 Å². The van der Waals surface area contributed by atoms with Gasteiger partial charge in [-0.15, -0.1) is 0 Å². The van der Waals surface area contributed by atoms with E-state index in [1.165, 1.54) is 0 Å². The first-order valence-electron chi connectivity index (χ1n) is 7.90. The Morgan fingerprint density at radius 1 is 1.11 bits per heavy atom. The van der Waals surface area contributed by atoms with E-state index in [0.717, 1.165) is 27.8 Å². The lowest BCUT2D eigenvalue weighted by molar-refractivity contribution is -0.127. The molecule has 138 valence electrons. The van der Waals surface area contributed by atoms with Gasteiger partial charge in [-0.2, -0.15) is 0 Å². The maximum atomic E-state index is 12.5. The van der Waals surface area contributed by atoms with Gasteiger partial charge in [0, 0.05) is 15.7 Å². The number of aryl methyl sites for hydroxylation is 1. The molecule has 1 N–H and O–H groups in total. The molecule has 1 aliphatic rings. The molecule has 0 unspecified atom stereocenters. The summed E-state index contributed by atoms with van der Waals surface area (Å²) >= 11 is 12.6. The molecule has 2 aromatic carbocycles. The maximum absolute atomic E-state index is 12.5. The van der Waals surface area contributed by atoms with Gasteiger partial charge in [0.1, 0.15) is 6.54 Å². The molecule has 8 heteroatoms. The highest BCUT2D eigenvalue weighted by Crippen LogP contribution is 2.32. The Labute approximate surface area is 170 Å². The lowest BCUT2D eigenvalue weighted by Gasteiger charge is -2.13. The van der Waals surface area contributed by atoms with Crippen molar-refractivity contribution in [1.82, 2.24) is 4.90 Å². The number of thioether (sulfide) groups is 1. The number of nitrogens with one attached hydrogen (secondary N) is 1. The average molecular weight is 421 g/mol. The van der Waals surface area contributed by atoms with Crippen LogP contribution in [-0.4, -0.2) is 28.5 Å². The highest BCUT2D eigenvalue weighted by molar-refractivity contribution is 8.18. The lowest BCUT2D eigenvalue weighted by atomic mass is 10.2. The molecule has 0 atom stereocenters. The third-order valence-electron chi connectivity index (χ3n) is 3.82. The van der Waals surface area contributed by atoms with Crippen LogP contribution in [0.1, 0.15) is 11.1 Å². The van der Waals surface area contributed by atoms with Gasteiger partial charge in [-0.25, -0.2) is 0 Å². The number of carbonyl (C=O) groups is 3. The zero-order valence-corrected chi connectivity index (χ0v) is 16.5. The molecule has 1 saturated heterocycles. The highest BCUT2D eigenvalue weighted by Gasteiger charge is 2.36. The van der Waals surface area contributed by atoms with Gasteiger partial charge in [0.15, 0.2) is 0 Å². The van der Waals surface area contributed by atoms with Crippen molar-refractivity contribution in [2.24, 2.45) is 0 Å². The fraction of sp³-hybridized carbons (Fsp3) is 0.105. The second kappa shape index (κ2) is 8.17. The molecular formula is C19H14Cl2N2O3S. The standard InChI is InChI=1S/C19H14Cl2N2O3S/c1-11-2-5-14(21)9-15(11)22-17(24)10-23-18(25)16(27-19(23)26)8-12-3-6-13(20)7-4-12/h2-9H,10H2,1H3,(H,22,24)/b16-8+. The Balaban J connectivity index is 1.71. The van der Waals surface area contributed by atoms with Crippen LogP contribution in [0.15, 0.2) is 47.4 Å². The monoisotopic (exact) mass is 420 g/mol. The number of benzene rings is 2. The quantitative estimate of drug-likeness (QED) is 0.708. The van der Waals surface area contributed by atoms with E-state index in [4.69, 9.17) is 23.2 Å². The topological polar surface area (TPSA) is 66.5 Å². The molecular weight excluding hydrogens is 407 g/mol. The molecule has 0 aliphatic carbocycles. The second-order valence-electron chi connectivity index (χ2n) is 5.83. The van der Waals surface area contributed by atoms with E-state index in [0.29, 0.717) is 15.7 Å². The third kappa shape index (κ3) is 4.71. The van der Waals surface area contributed by atoms with Crippen molar-refractivity contribution in [1.29, 1.82) is 0 Å². The smallest absolute Gasteiger partial charge is 0.294 e. The minimum absolute atomic E-state index is 0.258. The first-order chi connectivity index (χ1) is 12.8. The molecule has 0 bridgehead atoms. The molecule has 0 aromatic heterocycles. The van der Waals surface area contributed by atoms with Crippen LogP contribution in [0, 0.1) is 6.92 Å². The van der Waals surface area contributed by atoms with Crippen LogP contribution in [0.5, 0.6) is 0 Å². The number of carbonyl (C=O) groups excluding carboxylic acids is 3. The summed E-state index contributed by atoms with van der Waals surface area (Å²) in [5.74, 6) is -0.978. The summed E-state index contributed by atoms with van der Waals surface area (Å²) in [7, 11) is 0. The number of amides is 3. The van der Waals surface area contributed by atoms with E-state index in [-0.39, 0.29) is 11.4 Å². The van der Waals surface area contributed by atoms with Crippen LogP contribution in [0.25, 0.3) is 6.08 Å². The van der Waals surface area contributed by atoms with Gasteiger partial charge in [-0.3, -0.25) is 19.3 Å². The van der Waals surface area contributed by atoms with E-state index in [1.54, 1.807) is 48.5 Å². The van der Waals surface area contributed by atoms with E-state index in [2.05, 4.69) is 5.32 Å². The van der Waals surface area contributed by atoms with Gasteiger partial charge in [-0.05, 0) is 60.2 Å². The maximum Gasteiger partial charge on any atom is 0.294 e. The summed E-state index contributed by atoms with van der Waals surface area (Å²) < 4.78 is 0. The van der Waals surface area contributed by atoms with Gasteiger partial charge in [0.2, 0.25) is 5.91 Å². The fourth-order valence-corrected chi connectivity index (χ4v) is 3.55. The molecule has 0 saturated carbocycles. The molecule has 1 heterocycles. The Kier molecular flexibility index (Phi) is 5.89. The van der Waals surface area contributed by atoms with Crippen LogP contribution in [0.3, 0.4) is 0 Å². The number of nitrogens with zero attached hydrogens (tertiary/aromatic N) is 1. The highest BCUT2D eigenvalue weighted by atomic mass is 35.5. The normalized spacial score (nSPS) is 15.5. The predicted molar refractivity (Wildman–Crippen MR) is 109 cm³/mol. The zero-order valence-electron chi connectivity index (χ0n) is 14.2. The third-order valence-corrected chi connectivity index (χ3v) is 5.21. The summed E-state index contributed by atoms with van der Waals surface area (Å²) in [5.41, 5.74) is 2.10. The summed E-state index contributed by atoms with van der Waals surface area (Å²) in [6.45, 7) is 1.45. The minimum atomic E-state index is -0.502. The Morgan fingerprint density at radius 2 is 1.78 bits per heavy atom. The van der Waals surface area contributed by atoms with Gasteiger partial charge in [-0.1, -0.05) is 41.4 Å². The van der Waals surface area contributed by atoms with Crippen LogP contribution in [0.2, 0.25) is 10.0 Å². The van der Waals surface area contributed by atoms with Crippen molar-refractivity contribution in [3.05, 3.63) is 68.5 Å². The molecule has 1 fully saturated rings.